The monoisotopic (exact) mass is 575 g/mol. The molecule has 1 aliphatic rings. The average molecular weight is 576 g/mol. The Bertz CT molecular complexity index is 2140. The number of imidazole rings is 1. The SMILES string of the molecule is CC(C)(C)c1cc(-c2ccccc2)ccc1-n1c(-c2cccc3c2oc2nc(CC4CCCC4)ccc23)nc2ccccc21. The van der Waals surface area contributed by atoms with E-state index in [1.807, 2.05) is 0 Å². The smallest absolute Gasteiger partial charge is 0.227 e. The highest BCUT2D eigenvalue weighted by molar-refractivity contribution is 6.08. The molecule has 4 nitrogen and oxygen atoms in total. The molecule has 7 aromatic rings. The predicted molar refractivity (Wildman–Crippen MR) is 181 cm³/mol. The summed E-state index contributed by atoms with van der Waals surface area (Å²) in [7, 11) is 0. The number of rotatable bonds is 5. The third-order valence-electron chi connectivity index (χ3n) is 9.35. The van der Waals surface area contributed by atoms with E-state index in [0.29, 0.717) is 5.71 Å². The molecule has 0 N–H and O–H groups in total. The summed E-state index contributed by atoms with van der Waals surface area (Å²) in [5.74, 6) is 1.62. The molecular weight excluding hydrogens is 538 g/mol. The number of hydrogen-bond acceptors (Lipinski definition) is 3. The van der Waals surface area contributed by atoms with Gasteiger partial charge >= 0.3 is 0 Å². The van der Waals surface area contributed by atoms with Gasteiger partial charge in [-0.2, -0.15) is 0 Å². The molecular formula is C40H37N3O. The lowest BCUT2D eigenvalue weighted by atomic mass is 9.84. The maximum Gasteiger partial charge on any atom is 0.227 e. The summed E-state index contributed by atoms with van der Waals surface area (Å²) < 4.78 is 8.97. The highest BCUT2D eigenvalue weighted by Gasteiger charge is 2.25. The molecule has 0 amide bonds. The predicted octanol–water partition coefficient (Wildman–Crippen LogP) is 10.7. The zero-order valence-corrected chi connectivity index (χ0v) is 25.7. The molecule has 0 radical (unpaired) electrons. The van der Waals surface area contributed by atoms with E-state index < -0.39 is 0 Å². The van der Waals surface area contributed by atoms with Gasteiger partial charge in [0.1, 0.15) is 11.4 Å². The van der Waals surface area contributed by atoms with E-state index in [2.05, 4.69) is 128 Å². The molecule has 0 bridgehead atoms. The Morgan fingerprint density at radius 2 is 1.55 bits per heavy atom. The molecule has 3 heterocycles. The van der Waals surface area contributed by atoms with Gasteiger partial charge in [0.05, 0.1) is 22.3 Å². The molecule has 0 unspecified atom stereocenters. The normalized spacial score (nSPS) is 14.3. The molecule has 44 heavy (non-hydrogen) atoms. The van der Waals surface area contributed by atoms with Crippen molar-refractivity contribution >= 4 is 33.1 Å². The topological polar surface area (TPSA) is 43.9 Å². The number of benzene rings is 4. The van der Waals surface area contributed by atoms with Gasteiger partial charge in [0.15, 0.2) is 0 Å². The van der Waals surface area contributed by atoms with Crippen LogP contribution in [0.2, 0.25) is 0 Å². The van der Waals surface area contributed by atoms with Crippen molar-refractivity contribution in [3.8, 4) is 28.2 Å². The Balaban J connectivity index is 1.34. The first-order valence-corrected chi connectivity index (χ1v) is 15.9. The fraction of sp³-hybridized carbons (Fsp3) is 0.250. The summed E-state index contributed by atoms with van der Waals surface area (Å²) in [6, 6.07) is 36.7. The second-order valence-electron chi connectivity index (χ2n) is 13.4. The zero-order chi connectivity index (χ0) is 29.8. The first-order valence-electron chi connectivity index (χ1n) is 15.9. The maximum absolute atomic E-state index is 6.64. The Kier molecular flexibility index (Phi) is 6.41. The van der Waals surface area contributed by atoms with Gasteiger partial charge in [-0.15, -0.1) is 0 Å². The van der Waals surface area contributed by atoms with Crippen LogP contribution in [0.1, 0.15) is 57.7 Å². The molecule has 4 heteroatoms. The minimum atomic E-state index is -0.103. The van der Waals surface area contributed by atoms with E-state index >= 15 is 0 Å². The minimum absolute atomic E-state index is 0.103. The number of fused-ring (bicyclic) bond motifs is 4. The van der Waals surface area contributed by atoms with Gasteiger partial charge in [0, 0.05) is 16.5 Å². The molecule has 1 saturated carbocycles. The van der Waals surface area contributed by atoms with Crippen molar-refractivity contribution in [3.05, 3.63) is 114 Å². The molecule has 0 atom stereocenters. The summed E-state index contributed by atoms with van der Waals surface area (Å²) in [5, 5.41) is 2.13. The van der Waals surface area contributed by atoms with Crippen molar-refractivity contribution in [1.82, 2.24) is 14.5 Å². The van der Waals surface area contributed by atoms with Gasteiger partial charge in [-0.25, -0.2) is 9.97 Å². The van der Waals surface area contributed by atoms with Gasteiger partial charge in [-0.3, -0.25) is 4.57 Å². The number of nitrogens with zero attached hydrogens (tertiary/aromatic N) is 3. The number of furan rings is 1. The molecule has 0 saturated heterocycles. The maximum atomic E-state index is 6.64. The lowest BCUT2D eigenvalue weighted by Gasteiger charge is -2.25. The van der Waals surface area contributed by atoms with E-state index in [1.165, 1.54) is 42.4 Å². The lowest BCUT2D eigenvalue weighted by Crippen LogP contribution is -2.16. The van der Waals surface area contributed by atoms with Gasteiger partial charge < -0.3 is 4.42 Å². The van der Waals surface area contributed by atoms with Crippen LogP contribution in [0.25, 0.3) is 61.3 Å². The number of para-hydroxylation sites is 3. The van der Waals surface area contributed by atoms with Crippen molar-refractivity contribution in [3.63, 3.8) is 0 Å². The molecule has 4 aromatic carbocycles. The van der Waals surface area contributed by atoms with Crippen LogP contribution in [0.5, 0.6) is 0 Å². The Morgan fingerprint density at radius 3 is 2.36 bits per heavy atom. The standard InChI is InChI=1S/C40H37N3O/c1-40(2,3)33-25-28(27-14-5-4-6-15-27)20-23-35(33)43-36-19-10-9-18-34(36)42-38(43)32-17-11-16-30-31-22-21-29(24-26-12-7-8-13-26)41-39(31)44-37(30)32/h4-6,9-11,14-23,25-26H,7-8,12-13,24H2,1-3H3. The van der Waals surface area contributed by atoms with E-state index in [0.717, 1.165) is 62.5 Å². The fourth-order valence-electron chi connectivity index (χ4n) is 7.11. The van der Waals surface area contributed by atoms with Crippen LogP contribution >= 0.6 is 0 Å². The Hall–Kier alpha value is -4.70. The van der Waals surface area contributed by atoms with Crippen LogP contribution < -0.4 is 0 Å². The Labute approximate surface area is 258 Å². The number of pyridine rings is 1. The van der Waals surface area contributed by atoms with Crippen molar-refractivity contribution in [2.45, 2.75) is 58.3 Å². The molecule has 218 valence electrons. The quantitative estimate of drug-likeness (QED) is 0.205. The fourth-order valence-corrected chi connectivity index (χ4v) is 7.11. The van der Waals surface area contributed by atoms with E-state index in [4.69, 9.17) is 14.4 Å². The number of hydrogen-bond donors (Lipinski definition) is 0. The van der Waals surface area contributed by atoms with Crippen molar-refractivity contribution in [2.24, 2.45) is 5.92 Å². The van der Waals surface area contributed by atoms with Crippen LogP contribution in [0.15, 0.2) is 108 Å². The lowest BCUT2D eigenvalue weighted by molar-refractivity contribution is 0.537. The van der Waals surface area contributed by atoms with Gasteiger partial charge in [-0.05, 0) is 76.9 Å². The molecule has 1 fully saturated rings. The Morgan fingerprint density at radius 1 is 0.750 bits per heavy atom. The molecule has 0 aliphatic heterocycles. The number of aromatic nitrogens is 3. The first-order chi connectivity index (χ1) is 21.4. The summed E-state index contributed by atoms with van der Waals surface area (Å²) in [5.41, 5.74) is 10.4. The third kappa shape index (κ3) is 4.61. The van der Waals surface area contributed by atoms with Crippen molar-refractivity contribution in [2.75, 3.05) is 0 Å². The summed E-state index contributed by atoms with van der Waals surface area (Å²) in [6.07, 6.45) is 6.33. The minimum Gasteiger partial charge on any atom is -0.437 e. The second kappa shape index (κ2) is 10.5. The van der Waals surface area contributed by atoms with Gasteiger partial charge in [0.2, 0.25) is 5.71 Å². The van der Waals surface area contributed by atoms with Gasteiger partial charge in [0.25, 0.3) is 0 Å². The van der Waals surface area contributed by atoms with E-state index in [-0.39, 0.29) is 5.41 Å². The highest BCUT2D eigenvalue weighted by Crippen LogP contribution is 2.40. The summed E-state index contributed by atoms with van der Waals surface area (Å²) in [4.78, 5) is 10.3. The van der Waals surface area contributed by atoms with Crippen molar-refractivity contribution < 1.29 is 4.42 Å². The largest absolute Gasteiger partial charge is 0.437 e. The third-order valence-corrected chi connectivity index (χ3v) is 9.35. The average Bonchev–Trinajstić information content (AvgIpc) is 3.78. The van der Waals surface area contributed by atoms with Crippen LogP contribution in [0, 0.1) is 5.92 Å². The molecule has 8 rings (SSSR count). The molecule has 0 spiro atoms. The summed E-state index contributed by atoms with van der Waals surface area (Å²) in [6.45, 7) is 6.86. The van der Waals surface area contributed by atoms with E-state index in [1.54, 1.807) is 0 Å². The van der Waals surface area contributed by atoms with Crippen LogP contribution in [0.4, 0.5) is 0 Å². The first kappa shape index (κ1) is 26.9. The van der Waals surface area contributed by atoms with Crippen LogP contribution in [0.3, 0.4) is 0 Å². The summed E-state index contributed by atoms with van der Waals surface area (Å²) >= 11 is 0. The highest BCUT2D eigenvalue weighted by atomic mass is 16.3. The molecule has 1 aliphatic carbocycles. The second-order valence-corrected chi connectivity index (χ2v) is 13.4. The molecule has 3 aromatic heterocycles. The van der Waals surface area contributed by atoms with Crippen LogP contribution in [-0.2, 0) is 11.8 Å². The zero-order valence-electron chi connectivity index (χ0n) is 25.7. The van der Waals surface area contributed by atoms with E-state index in [9.17, 15) is 0 Å². The van der Waals surface area contributed by atoms with Crippen LogP contribution in [-0.4, -0.2) is 14.5 Å². The van der Waals surface area contributed by atoms with Crippen molar-refractivity contribution in [1.29, 1.82) is 0 Å². The van der Waals surface area contributed by atoms with Gasteiger partial charge in [-0.1, -0.05) is 107 Å².